The Balaban J connectivity index is 1.49. The Morgan fingerprint density at radius 3 is 2.53 bits per heavy atom. The Morgan fingerprint density at radius 2 is 1.77 bits per heavy atom. The van der Waals surface area contributed by atoms with E-state index in [2.05, 4.69) is 17.0 Å². The summed E-state index contributed by atoms with van der Waals surface area (Å²) in [5, 5.41) is 0.823. The van der Waals surface area contributed by atoms with E-state index in [1.807, 2.05) is 41.3 Å². The number of carbonyl (C=O) groups is 1. The quantitative estimate of drug-likeness (QED) is 0.670. The van der Waals surface area contributed by atoms with E-state index in [4.69, 9.17) is 4.74 Å². The van der Waals surface area contributed by atoms with Crippen molar-refractivity contribution in [2.75, 3.05) is 33.3 Å². The normalized spacial score (nSPS) is 15.2. The van der Waals surface area contributed by atoms with Crippen molar-refractivity contribution in [1.29, 1.82) is 0 Å². The zero-order valence-electron chi connectivity index (χ0n) is 17.5. The van der Waals surface area contributed by atoms with Crippen LogP contribution in [0.4, 0.5) is 0 Å². The van der Waals surface area contributed by atoms with Crippen LogP contribution in [0.2, 0.25) is 0 Å². The number of rotatable bonds is 4. The van der Waals surface area contributed by atoms with Crippen molar-refractivity contribution in [3.05, 3.63) is 76.1 Å². The number of carbonyl (C=O) groups excluding carboxylic acids is 1. The maximum Gasteiger partial charge on any atom is 0.254 e. The summed E-state index contributed by atoms with van der Waals surface area (Å²) in [7, 11) is 3.41. The molecule has 0 N–H and O–H groups in total. The average molecular weight is 405 g/mol. The van der Waals surface area contributed by atoms with E-state index in [9.17, 15) is 9.59 Å². The molecule has 1 fully saturated rings. The molecule has 0 bridgehead atoms. The lowest BCUT2D eigenvalue weighted by molar-refractivity contribution is 0.0763. The monoisotopic (exact) mass is 405 g/mol. The molecule has 30 heavy (non-hydrogen) atoms. The molecule has 1 aliphatic heterocycles. The largest absolute Gasteiger partial charge is 0.497 e. The maximum atomic E-state index is 13.3. The third kappa shape index (κ3) is 4.09. The van der Waals surface area contributed by atoms with E-state index in [1.54, 1.807) is 18.7 Å². The lowest BCUT2D eigenvalue weighted by Crippen LogP contribution is -2.36. The molecular formula is C24H27N3O3. The summed E-state index contributed by atoms with van der Waals surface area (Å²) < 4.78 is 6.81. The van der Waals surface area contributed by atoms with Gasteiger partial charge < -0.3 is 14.2 Å². The summed E-state index contributed by atoms with van der Waals surface area (Å²) in [5.41, 5.74) is 2.35. The minimum absolute atomic E-state index is 0.0600. The number of hydrogen-bond acceptors (Lipinski definition) is 4. The van der Waals surface area contributed by atoms with Gasteiger partial charge in [0.15, 0.2) is 0 Å². The topological polar surface area (TPSA) is 54.8 Å². The van der Waals surface area contributed by atoms with E-state index in [-0.39, 0.29) is 11.5 Å². The molecule has 1 aromatic heterocycles. The predicted molar refractivity (Wildman–Crippen MR) is 118 cm³/mol. The van der Waals surface area contributed by atoms with Gasteiger partial charge in [0, 0.05) is 51.2 Å². The number of pyridine rings is 1. The summed E-state index contributed by atoms with van der Waals surface area (Å²) in [6.45, 7) is 3.94. The zero-order chi connectivity index (χ0) is 21.1. The molecule has 4 rings (SSSR count). The fourth-order valence-corrected chi connectivity index (χ4v) is 4.08. The van der Waals surface area contributed by atoms with E-state index in [0.29, 0.717) is 18.7 Å². The number of methoxy groups -OCH3 is 1. The summed E-state index contributed by atoms with van der Waals surface area (Å²) >= 11 is 0. The van der Waals surface area contributed by atoms with Crippen LogP contribution in [0.15, 0.2) is 59.4 Å². The molecule has 2 aromatic carbocycles. The Morgan fingerprint density at radius 1 is 1.00 bits per heavy atom. The summed E-state index contributed by atoms with van der Waals surface area (Å²) in [4.78, 5) is 30.0. The van der Waals surface area contributed by atoms with Crippen molar-refractivity contribution >= 4 is 16.8 Å². The van der Waals surface area contributed by atoms with Crippen LogP contribution in [0, 0.1) is 0 Å². The molecule has 1 aliphatic rings. The van der Waals surface area contributed by atoms with Crippen LogP contribution >= 0.6 is 0 Å². The Labute approximate surface area is 176 Å². The van der Waals surface area contributed by atoms with Gasteiger partial charge in [-0.25, -0.2) is 0 Å². The third-order valence-electron chi connectivity index (χ3n) is 5.83. The molecule has 0 unspecified atom stereocenters. The number of fused-ring (bicyclic) bond motifs is 1. The molecule has 0 radical (unpaired) electrons. The standard InChI is InChI=1S/C24H27N3O3/c1-25-22-7-4-3-6-20(22)21(16-23(25)28)24(29)27-13-5-12-26(14-15-27)17-18-8-10-19(30-2)11-9-18/h3-4,6-11,16H,5,12-15,17H2,1-2H3. The third-order valence-corrected chi connectivity index (χ3v) is 5.83. The van der Waals surface area contributed by atoms with E-state index in [0.717, 1.165) is 42.7 Å². The number of aromatic nitrogens is 1. The molecule has 0 atom stereocenters. The average Bonchev–Trinajstić information content (AvgIpc) is 3.02. The van der Waals surface area contributed by atoms with Gasteiger partial charge >= 0.3 is 0 Å². The van der Waals surface area contributed by atoms with Gasteiger partial charge in [0.1, 0.15) is 5.75 Å². The second-order valence-corrected chi connectivity index (χ2v) is 7.74. The number of nitrogens with zero attached hydrogens (tertiary/aromatic N) is 3. The van der Waals surface area contributed by atoms with Crippen LogP contribution in [0.5, 0.6) is 5.75 Å². The fourth-order valence-electron chi connectivity index (χ4n) is 4.08. The van der Waals surface area contributed by atoms with Crippen LogP contribution in [0.25, 0.3) is 10.9 Å². The number of hydrogen-bond donors (Lipinski definition) is 0. The predicted octanol–water partition coefficient (Wildman–Crippen LogP) is 2.90. The summed E-state index contributed by atoms with van der Waals surface area (Å²) in [6, 6.07) is 17.2. The fraction of sp³-hybridized carbons (Fsp3) is 0.333. The van der Waals surface area contributed by atoms with Crippen molar-refractivity contribution in [1.82, 2.24) is 14.4 Å². The van der Waals surface area contributed by atoms with Gasteiger partial charge in [0.2, 0.25) is 0 Å². The molecular weight excluding hydrogens is 378 g/mol. The lowest BCUT2D eigenvalue weighted by Gasteiger charge is -2.23. The first kappa shape index (κ1) is 20.2. The first-order valence-corrected chi connectivity index (χ1v) is 10.3. The smallest absolute Gasteiger partial charge is 0.254 e. The summed E-state index contributed by atoms with van der Waals surface area (Å²) in [5.74, 6) is 0.794. The molecule has 0 aliphatic carbocycles. The van der Waals surface area contributed by atoms with E-state index < -0.39 is 0 Å². The van der Waals surface area contributed by atoms with Crippen LogP contribution in [0.3, 0.4) is 0 Å². The van der Waals surface area contributed by atoms with Gasteiger partial charge in [-0.15, -0.1) is 0 Å². The van der Waals surface area contributed by atoms with Crippen molar-refractivity contribution in [2.45, 2.75) is 13.0 Å². The Hall–Kier alpha value is -3.12. The highest BCUT2D eigenvalue weighted by atomic mass is 16.5. The van der Waals surface area contributed by atoms with E-state index in [1.165, 1.54) is 11.6 Å². The van der Waals surface area contributed by atoms with Crippen molar-refractivity contribution < 1.29 is 9.53 Å². The highest BCUT2D eigenvalue weighted by Crippen LogP contribution is 2.19. The Bertz CT molecular complexity index is 1100. The van der Waals surface area contributed by atoms with Gasteiger partial charge in [-0.1, -0.05) is 30.3 Å². The van der Waals surface area contributed by atoms with Crippen LogP contribution in [0.1, 0.15) is 22.3 Å². The van der Waals surface area contributed by atoms with Gasteiger partial charge in [-0.05, 0) is 30.2 Å². The number of para-hydroxylation sites is 1. The molecule has 156 valence electrons. The molecule has 0 spiro atoms. The molecule has 2 heterocycles. The maximum absolute atomic E-state index is 13.3. The minimum atomic E-state index is -0.159. The van der Waals surface area contributed by atoms with Gasteiger partial charge in [-0.2, -0.15) is 0 Å². The zero-order valence-corrected chi connectivity index (χ0v) is 17.5. The van der Waals surface area contributed by atoms with Crippen LogP contribution < -0.4 is 10.3 Å². The molecule has 0 saturated carbocycles. The van der Waals surface area contributed by atoms with Gasteiger partial charge in [-0.3, -0.25) is 14.5 Å². The molecule has 1 saturated heterocycles. The van der Waals surface area contributed by atoms with Crippen molar-refractivity contribution in [3.63, 3.8) is 0 Å². The highest BCUT2D eigenvalue weighted by Gasteiger charge is 2.23. The van der Waals surface area contributed by atoms with Crippen LogP contribution in [-0.4, -0.2) is 53.6 Å². The highest BCUT2D eigenvalue weighted by molar-refractivity contribution is 6.06. The van der Waals surface area contributed by atoms with Crippen molar-refractivity contribution in [2.24, 2.45) is 7.05 Å². The molecule has 6 heteroatoms. The molecule has 3 aromatic rings. The number of benzene rings is 2. The van der Waals surface area contributed by atoms with E-state index >= 15 is 0 Å². The first-order valence-electron chi connectivity index (χ1n) is 10.3. The van der Waals surface area contributed by atoms with Crippen LogP contribution in [-0.2, 0) is 13.6 Å². The second kappa shape index (κ2) is 8.71. The molecule has 1 amide bonds. The lowest BCUT2D eigenvalue weighted by atomic mass is 10.1. The van der Waals surface area contributed by atoms with Crippen molar-refractivity contribution in [3.8, 4) is 5.75 Å². The van der Waals surface area contributed by atoms with Gasteiger partial charge in [0.05, 0.1) is 18.2 Å². The number of amides is 1. The SMILES string of the molecule is COc1ccc(CN2CCCN(C(=O)c3cc(=O)n(C)c4ccccc34)CC2)cc1. The molecule has 6 nitrogen and oxygen atoms in total. The summed E-state index contributed by atoms with van der Waals surface area (Å²) in [6.07, 6.45) is 0.907. The number of aryl methyl sites for hydroxylation is 1. The van der Waals surface area contributed by atoms with Gasteiger partial charge in [0.25, 0.3) is 11.5 Å². The first-order chi connectivity index (χ1) is 14.6. The minimum Gasteiger partial charge on any atom is -0.497 e. The second-order valence-electron chi connectivity index (χ2n) is 7.74. The Kier molecular flexibility index (Phi) is 5.86. The number of ether oxygens (including phenoxy) is 1.